The molecule has 2 nitrogen and oxygen atoms in total. The van der Waals surface area contributed by atoms with E-state index in [2.05, 4.69) is 34.5 Å². The van der Waals surface area contributed by atoms with Crippen LogP contribution in [0.2, 0.25) is 0 Å². The first kappa shape index (κ1) is 11.3. The monoisotopic (exact) mass is 295 g/mol. The predicted octanol–water partition coefficient (Wildman–Crippen LogP) is 3.19. The number of hydrogen-bond donors (Lipinski definition) is 0. The average molecular weight is 295 g/mol. The summed E-state index contributed by atoms with van der Waals surface area (Å²) in [5.41, 5.74) is 0. The van der Waals surface area contributed by atoms with E-state index >= 15 is 0 Å². The van der Waals surface area contributed by atoms with Crippen molar-refractivity contribution in [2.45, 2.75) is 49.0 Å². The molecule has 3 heteroatoms. The Hall–Kier alpha value is 0.200. The Morgan fingerprint density at radius 2 is 2.31 bits per heavy atom. The third-order valence-electron chi connectivity index (χ3n) is 2.41. The molecule has 13 heavy (non-hydrogen) atoms. The largest absolute Gasteiger partial charge is 0.484 e. The molecule has 2 atom stereocenters. The maximum Gasteiger partial charge on any atom is 0.196 e. The first-order chi connectivity index (χ1) is 6.27. The second kappa shape index (κ2) is 5.83. The molecule has 0 aromatic carbocycles. The fraction of sp³-hybridized carbons (Fsp3) is 0.900. The Bertz CT molecular complexity index is 182. The fourth-order valence-electron chi connectivity index (χ4n) is 1.65. The van der Waals surface area contributed by atoms with Crippen molar-refractivity contribution in [2.75, 3.05) is 7.11 Å². The van der Waals surface area contributed by atoms with Gasteiger partial charge in [0.05, 0.1) is 17.1 Å². The predicted molar refractivity (Wildman–Crippen MR) is 64.8 cm³/mol. The Kier molecular flexibility index (Phi) is 5.06. The van der Waals surface area contributed by atoms with Gasteiger partial charge in [-0.1, -0.05) is 48.8 Å². The summed E-state index contributed by atoms with van der Waals surface area (Å²) in [6.45, 7) is 2.24. The maximum atomic E-state index is 5.20. The van der Waals surface area contributed by atoms with Crippen molar-refractivity contribution in [2.24, 2.45) is 4.99 Å². The van der Waals surface area contributed by atoms with Gasteiger partial charge in [0.2, 0.25) is 0 Å². The molecule has 0 saturated heterocycles. The standard InChI is InChI=1S/C10H18INO/c1-3-4-5-6-8-7-9(11)10(12-8)13-2/h8-9H,3-7H2,1-2H3. The van der Waals surface area contributed by atoms with E-state index in [1.807, 2.05) is 0 Å². The summed E-state index contributed by atoms with van der Waals surface area (Å²) in [4.78, 5) is 4.55. The highest BCUT2D eigenvalue weighted by molar-refractivity contribution is 14.1. The van der Waals surface area contributed by atoms with E-state index in [4.69, 9.17) is 4.74 Å². The molecule has 0 saturated carbocycles. The third kappa shape index (κ3) is 3.44. The Morgan fingerprint density at radius 1 is 1.54 bits per heavy atom. The summed E-state index contributed by atoms with van der Waals surface area (Å²) in [6.07, 6.45) is 6.35. The highest BCUT2D eigenvalue weighted by atomic mass is 127. The van der Waals surface area contributed by atoms with Crippen LogP contribution in [0.4, 0.5) is 0 Å². The minimum absolute atomic E-state index is 0.509. The van der Waals surface area contributed by atoms with Gasteiger partial charge in [-0.15, -0.1) is 0 Å². The molecule has 1 rings (SSSR count). The van der Waals surface area contributed by atoms with Gasteiger partial charge in [0.1, 0.15) is 0 Å². The van der Waals surface area contributed by atoms with Gasteiger partial charge in [-0.3, -0.25) is 4.99 Å². The number of hydrogen-bond acceptors (Lipinski definition) is 2. The molecule has 0 N–H and O–H groups in total. The van der Waals surface area contributed by atoms with Gasteiger partial charge in [0, 0.05) is 0 Å². The van der Waals surface area contributed by atoms with Crippen molar-refractivity contribution < 1.29 is 4.74 Å². The summed E-state index contributed by atoms with van der Waals surface area (Å²) in [5, 5.41) is 0. The molecule has 0 bridgehead atoms. The van der Waals surface area contributed by atoms with Crippen LogP contribution in [0.5, 0.6) is 0 Å². The first-order valence-corrected chi connectivity index (χ1v) is 6.28. The number of rotatable bonds is 4. The lowest BCUT2D eigenvalue weighted by Gasteiger charge is -2.04. The minimum atomic E-state index is 0.509. The van der Waals surface area contributed by atoms with Crippen LogP contribution in [0, 0.1) is 0 Å². The summed E-state index contributed by atoms with van der Waals surface area (Å²) < 4.78 is 5.71. The van der Waals surface area contributed by atoms with Gasteiger partial charge >= 0.3 is 0 Å². The zero-order valence-electron chi connectivity index (χ0n) is 8.42. The molecule has 0 spiro atoms. The van der Waals surface area contributed by atoms with Crippen LogP contribution in [0.15, 0.2) is 4.99 Å². The fourth-order valence-corrected chi connectivity index (χ4v) is 2.65. The van der Waals surface area contributed by atoms with E-state index < -0.39 is 0 Å². The van der Waals surface area contributed by atoms with Gasteiger partial charge in [-0.2, -0.15) is 0 Å². The topological polar surface area (TPSA) is 21.6 Å². The lowest BCUT2D eigenvalue weighted by Crippen LogP contribution is -2.10. The van der Waals surface area contributed by atoms with Gasteiger partial charge in [0.25, 0.3) is 0 Å². The number of ether oxygens (including phenoxy) is 1. The number of aliphatic imine (C=N–C) groups is 1. The Labute approximate surface area is 94.3 Å². The van der Waals surface area contributed by atoms with Crippen LogP contribution in [-0.2, 0) is 4.74 Å². The Morgan fingerprint density at radius 3 is 2.85 bits per heavy atom. The van der Waals surface area contributed by atoms with E-state index in [1.54, 1.807) is 7.11 Å². The van der Waals surface area contributed by atoms with E-state index in [9.17, 15) is 0 Å². The van der Waals surface area contributed by atoms with Crippen molar-refractivity contribution >= 4 is 28.5 Å². The lowest BCUT2D eigenvalue weighted by atomic mass is 10.1. The number of methoxy groups -OCH3 is 1. The van der Waals surface area contributed by atoms with Crippen LogP contribution < -0.4 is 0 Å². The molecule has 1 aliphatic heterocycles. The van der Waals surface area contributed by atoms with Crippen LogP contribution in [0.3, 0.4) is 0 Å². The zero-order chi connectivity index (χ0) is 9.68. The van der Waals surface area contributed by atoms with Gasteiger partial charge in [-0.25, -0.2) is 0 Å². The maximum absolute atomic E-state index is 5.20. The zero-order valence-corrected chi connectivity index (χ0v) is 10.6. The minimum Gasteiger partial charge on any atom is -0.484 e. The second-order valence-corrected chi connectivity index (χ2v) is 5.03. The highest BCUT2D eigenvalue weighted by Gasteiger charge is 2.26. The van der Waals surface area contributed by atoms with Crippen molar-refractivity contribution in [3.63, 3.8) is 0 Å². The SMILES string of the molecule is CCCCCC1CC(I)C(OC)=N1. The molecule has 0 aliphatic carbocycles. The van der Waals surface area contributed by atoms with E-state index in [1.165, 1.54) is 32.1 Å². The van der Waals surface area contributed by atoms with Crippen molar-refractivity contribution in [1.29, 1.82) is 0 Å². The van der Waals surface area contributed by atoms with Crippen molar-refractivity contribution in [3.05, 3.63) is 0 Å². The Balaban J connectivity index is 2.26. The molecule has 0 aromatic rings. The van der Waals surface area contributed by atoms with Crippen molar-refractivity contribution in [1.82, 2.24) is 0 Å². The third-order valence-corrected chi connectivity index (χ3v) is 3.45. The second-order valence-electron chi connectivity index (χ2n) is 3.52. The molecule has 0 fully saturated rings. The summed E-state index contributed by atoms with van der Waals surface area (Å²) in [5.74, 6) is 0.946. The van der Waals surface area contributed by atoms with Gasteiger partial charge in [0.15, 0.2) is 5.90 Å². The molecule has 0 aromatic heterocycles. The van der Waals surface area contributed by atoms with Gasteiger partial charge in [-0.05, 0) is 12.8 Å². The number of unbranched alkanes of at least 4 members (excludes halogenated alkanes) is 2. The van der Waals surface area contributed by atoms with Crippen LogP contribution in [-0.4, -0.2) is 23.0 Å². The molecule has 0 radical (unpaired) electrons. The van der Waals surface area contributed by atoms with Gasteiger partial charge < -0.3 is 4.74 Å². The molecule has 0 amide bonds. The average Bonchev–Trinajstić information content (AvgIpc) is 2.47. The van der Waals surface area contributed by atoms with Crippen molar-refractivity contribution in [3.8, 4) is 0 Å². The molecule has 2 unspecified atom stereocenters. The highest BCUT2D eigenvalue weighted by Crippen LogP contribution is 2.25. The smallest absolute Gasteiger partial charge is 0.196 e. The molecule has 76 valence electrons. The summed E-state index contributed by atoms with van der Waals surface area (Å²) in [7, 11) is 1.72. The van der Waals surface area contributed by atoms with E-state index in [0.717, 1.165) is 5.90 Å². The lowest BCUT2D eigenvalue weighted by molar-refractivity contribution is 0.397. The normalized spacial score (nSPS) is 27.5. The molecular formula is C10H18INO. The van der Waals surface area contributed by atoms with E-state index in [0.29, 0.717) is 9.97 Å². The molecule has 1 aliphatic rings. The van der Waals surface area contributed by atoms with Crippen LogP contribution >= 0.6 is 22.6 Å². The first-order valence-electron chi connectivity index (χ1n) is 5.03. The summed E-state index contributed by atoms with van der Waals surface area (Å²) in [6, 6.07) is 0.531. The van der Waals surface area contributed by atoms with Crippen LogP contribution in [0.1, 0.15) is 39.0 Å². The number of halogens is 1. The summed E-state index contributed by atoms with van der Waals surface area (Å²) >= 11 is 2.41. The quantitative estimate of drug-likeness (QED) is 0.443. The molecule has 1 heterocycles. The molecular weight excluding hydrogens is 277 g/mol. The van der Waals surface area contributed by atoms with Crippen LogP contribution in [0.25, 0.3) is 0 Å². The number of nitrogens with zero attached hydrogens (tertiary/aromatic N) is 1. The number of alkyl halides is 1. The van der Waals surface area contributed by atoms with E-state index in [-0.39, 0.29) is 0 Å².